The maximum atomic E-state index is 11.9. The summed E-state index contributed by atoms with van der Waals surface area (Å²) in [6.45, 7) is 4.03. The molecule has 0 aliphatic carbocycles. The van der Waals surface area contributed by atoms with E-state index in [1.807, 2.05) is 14.0 Å². The van der Waals surface area contributed by atoms with E-state index in [1.54, 1.807) is 0 Å². The van der Waals surface area contributed by atoms with Crippen molar-refractivity contribution in [2.24, 2.45) is 5.92 Å². The molecule has 1 spiro atoms. The van der Waals surface area contributed by atoms with Crippen LogP contribution in [0.2, 0.25) is 0 Å². The molecule has 2 aliphatic heterocycles. The topological polar surface area (TPSA) is 64.6 Å². The van der Waals surface area contributed by atoms with Gasteiger partial charge in [0.1, 0.15) is 0 Å². The molecule has 0 saturated carbocycles. The van der Waals surface area contributed by atoms with Crippen molar-refractivity contribution in [1.82, 2.24) is 5.32 Å². The Kier molecular flexibility index (Phi) is 5.10. The Morgan fingerprint density at radius 3 is 2.45 bits per heavy atom. The first-order valence-electron chi connectivity index (χ1n) is 7.46. The maximum absolute atomic E-state index is 11.9. The van der Waals surface area contributed by atoms with Crippen LogP contribution in [0.1, 0.15) is 32.6 Å². The Hall–Kier alpha value is -0.170. The predicted octanol–water partition coefficient (Wildman–Crippen LogP) is 0.983. The van der Waals surface area contributed by atoms with Gasteiger partial charge in [-0.1, -0.05) is 0 Å². The van der Waals surface area contributed by atoms with Gasteiger partial charge in [0.15, 0.2) is 9.84 Å². The van der Waals surface area contributed by atoms with Crippen LogP contribution in [-0.2, 0) is 19.3 Å². The average molecular weight is 305 g/mol. The van der Waals surface area contributed by atoms with E-state index in [2.05, 4.69) is 5.32 Å². The molecule has 2 fully saturated rings. The van der Waals surface area contributed by atoms with Gasteiger partial charge in [0.2, 0.25) is 0 Å². The van der Waals surface area contributed by atoms with Crippen molar-refractivity contribution in [3.63, 3.8) is 0 Å². The zero-order valence-electron chi connectivity index (χ0n) is 12.7. The Labute approximate surface area is 122 Å². The van der Waals surface area contributed by atoms with Gasteiger partial charge in [-0.25, -0.2) is 8.42 Å². The van der Waals surface area contributed by atoms with Gasteiger partial charge in [0.05, 0.1) is 10.9 Å². The number of sulfone groups is 1. The summed E-state index contributed by atoms with van der Waals surface area (Å²) in [6, 6.07) is -0.00591. The molecule has 6 heteroatoms. The monoisotopic (exact) mass is 305 g/mol. The van der Waals surface area contributed by atoms with Crippen molar-refractivity contribution in [2.45, 2.75) is 49.5 Å². The maximum Gasteiger partial charge on any atom is 0.151 e. The van der Waals surface area contributed by atoms with Crippen LogP contribution in [-0.4, -0.2) is 58.4 Å². The number of hydrogen-bond acceptors (Lipinski definition) is 5. The molecule has 2 saturated heterocycles. The van der Waals surface area contributed by atoms with Crippen LogP contribution >= 0.6 is 0 Å². The lowest BCUT2D eigenvalue weighted by atomic mass is 9.77. The third-order valence-corrected chi connectivity index (χ3v) is 6.60. The summed E-state index contributed by atoms with van der Waals surface area (Å²) in [5, 5.41) is 2.87. The van der Waals surface area contributed by atoms with E-state index in [0.29, 0.717) is 5.92 Å². The molecular weight excluding hydrogens is 278 g/mol. The highest BCUT2D eigenvalue weighted by atomic mass is 32.2. The van der Waals surface area contributed by atoms with Crippen molar-refractivity contribution in [3.05, 3.63) is 0 Å². The predicted molar refractivity (Wildman–Crippen MR) is 78.6 cm³/mol. The summed E-state index contributed by atoms with van der Waals surface area (Å²) in [5.74, 6) is 0.344. The second-order valence-electron chi connectivity index (χ2n) is 6.25. The third kappa shape index (κ3) is 3.53. The molecule has 0 aromatic carbocycles. The fourth-order valence-electron chi connectivity index (χ4n) is 3.58. The number of ether oxygens (including phenoxy) is 2. The molecule has 3 unspecified atom stereocenters. The van der Waals surface area contributed by atoms with Crippen molar-refractivity contribution in [1.29, 1.82) is 0 Å². The first kappa shape index (κ1) is 16.2. The van der Waals surface area contributed by atoms with E-state index in [0.717, 1.165) is 45.5 Å². The minimum Gasteiger partial charge on any atom is -0.381 e. The van der Waals surface area contributed by atoms with Crippen LogP contribution in [0, 0.1) is 5.92 Å². The number of rotatable bonds is 4. The Morgan fingerprint density at radius 2 is 1.90 bits per heavy atom. The highest BCUT2D eigenvalue weighted by Crippen LogP contribution is 2.39. The minimum atomic E-state index is -3.03. The van der Waals surface area contributed by atoms with Crippen LogP contribution in [0.25, 0.3) is 0 Å². The van der Waals surface area contributed by atoms with Gasteiger partial charge in [-0.2, -0.15) is 0 Å². The van der Waals surface area contributed by atoms with E-state index in [4.69, 9.17) is 9.47 Å². The first-order valence-corrected chi connectivity index (χ1v) is 9.41. The lowest BCUT2D eigenvalue weighted by Gasteiger charge is -2.46. The third-order valence-electron chi connectivity index (χ3n) is 4.96. The largest absolute Gasteiger partial charge is 0.381 e. The Morgan fingerprint density at radius 1 is 1.25 bits per heavy atom. The molecule has 0 aromatic rings. The highest BCUT2D eigenvalue weighted by Gasteiger charge is 2.43. The van der Waals surface area contributed by atoms with Gasteiger partial charge in [-0.15, -0.1) is 0 Å². The van der Waals surface area contributed by atoms with Crippen molar-refractivity contribution >= 4 is 9.84 Å². The number of nitrogens with one attached hydrogen (secondary N) is 1. The fraction of sp³-hybridized carbons (Fsp3) is 1.00. The van der Waals surface area contributed by atoms with Crippen LogP contribution in [0.4, 0.5) is 0 Å². The van der Waals surface area contributed by atoms with Gasteiger partial charge >= 0.3 is 0 Å². The molecule has 20 heavy (non-hydrogen) atoms. The molecule has 2 rings (SSSR count). The quantitative estimate of drug-likeness (QED) is 0.839. The lowest BCUT2D eigenvalue weighted by molar-refractivity contribution is -0.149. The standard InChI is InChI=1S/C14H27NO4S/c1-11(20(3,16)17)13(15-2)12-4-7-19-14(10-12)5-8-18-9-6-14/h11-13,15H,4-10H2,1-3H3. The average Bonchev–Trinajstić information content (AvgIpc) is 2.39. The summed E-state index contributed by atoms with van der Waals surface area (Å²) in [7, 11) is -1.17. The zero-order chi connectivity index (χ0) is 14.8. The lowest BCUT2D eigenvalue weighted by Crippen LogP contribution is -2.53. The number of hydrogen-bond donors (Lipinski definition) is 1. The summed E-state index contributed by atoms with van der Waals surface area (Å²) in [4.78, 5) is 0. The molecule has 118 valence electrons. The molecule has 2 heterocycles. The van der Waals surface area contributed by atoms with Crippen LogP contribution in [0.3, 0.4) is 0 Å². The molecule has 3 atom stereocenters. The van der Waals surface area contributed by atoms with Crippen LogP contribution in [0.5, 0.6) is 0 Å². The molecule has 2 aliphatic rings. The van der Waals surface area contributed by atoms with Gasteiger partial charge in [0, 0.05) is 32.1 Å². The van der Waals surface area contributed by atoms with Crippen molar-refractivity contribution < 1.29 is 17.9 Å². The minimum absolute atomic E-state index is 0.00591. The molecule has 0 amide bonds. The highest BCUT2D eigenvalue weighted by molar-refractivity contribution is 7.91. The normalized spacial score (nSPS) is 30.1. The van der Waals surface area contributed by atoms with Gasteiger partial charge in [-0.05, 0) is 45.6 Å². The summed E-state index contributed by atoms with van der Waals surface area (Å²) >= 11 is 0. The van der Waals surface area contributed by atoms with Gasteiger partial charge in [-0.3, -0.25) is 0 Å². The zero-order valence-corrected chi connectivity index (χ0v) is 13.5. The summed E-state index contributed by atoms with van der Waals surface area (Å²) in [6.07, 6.45) is 5.03. The second kappa shape index (κ2) is 6.30. The second-order valence-corrected chi connectivity index (χ2v) is 8.65. The van der Waals surface area contributed by atoms with E-state index in [9.17, 15) is 8.42 Å². The van der Waals surface area contributed by atoms with Gasteiger partial charge in [0.25, 0.3) is 0 Å². The van der Waals surface area contributed by atoms with E-state index >= 15 is 0 Å². The smallest absolute Gasteiger partial charge is 0.151 e. The molecular formula is C14H27NO4S. The summed E-state index contributed by atoms with van der Waals surface area (Å²) < 4.78 is 35.2. The van der Waals surface area contributed by atoms with Crippen LogP contribution in [0.15, 0.2) is 0 Å². The fourth-order valence-corrected chi connectivity index (χ4v) is 4.47. The first-order chi connectivity index (χ1) is 9.38. The van der Waals surface area contributed by atoms with Gasteiger partial charge < -0.3 is 14.8 Å². The molecule has 0 radical (unpaired) electrons. The van der Waals surface area contributed by atoms with Crippen molar-refractivity contribution in [3.8, 4) is 0 Å². The van der Waals surface area contributed by atoms with E-state index < -0.39 is 9.84 Å². The molecule has 0 bridgehead atoms. The molecule has 5 nitrogen and oxygen atoms in total. The van der Waals surface area contributed by atoms with E-state index in [-0.39, 0.29) is 16.9 Å². The molecule has 0 aromatic heterocycles. The van der Waals surface area contributed by atoms with Crippen LogP contribution < -0.4 is 5.32 Å². The Bertz CT molecular complexity index is 411. The van der Waals surface area contributed by atoms with E-state index in [1.165, 1.54) is 6.26 Å². The Balaban J connectivity index is 2.10. The molecule has 1 N–H and O–H groups in total. The summed E-state index contributed by atoms with van der Waals surface area (Å²) in [5.41, 5.74) is -0.0898. The SMILES string of the molecule is CNC(C1CCOC2(CCOCC2)C1)C(C)S(C)(=O)=O. The van der Waals surface area contributed by atoms with Crippen molar-refractivity contribution in [2.75, 3.05) is 33.1 Å².